The molecule has 9 heteroatoms. The lowest BCUT2D eigenvalue weighted by molar-refractivity contribution is -0.138. The van der Waals surface area contributed by atoms with Crippen LogP contribution < -0.4 is 19.7 Å². The van der Waals surface area contributed by atoms with Crippen molar-refractivity contribution in [2.75, 3.05) is 16.8 Å². The van der Waals surface area contributed by atoms with Crippen LogP contribution in [0.1, 0.15) is 66.8 Å². The zero-order valence-corrected chi connectivity index (χ0v) is 27.6. The number of anilines is 2. The number of fused-ring (bicyclic) bond motifs is 1. The van der Waals surface area contributed by atoms with E-state index in [1.54, 1.807) is 23.1 Å². The molecule has 1 heterocycles. The zero-order chi connectivity index (χ0) is 33.8. The normalized spacial score (nSPS) is 17.1. The number of carboxylic acids is 1. The number of para-hydroxylation sites is 2. The maximum Gasteiger partial charge on any atom is 0.303 e. The summed E-state index contributed by atoms with van der Waals surface area (Å²) in [5.74, 6) is -0.625. The molecule has 4 aromatic carbocycles. The van der Waals surface area contributed by atoms with Gasteiger partial charge in [0.2, 0.25) is 5.91 Å². The number of ether oxygens (including phenoxy) is 2. The second kappa shape index (κ2) is 14.4. The predicted molar refractivity (Wildman–Crippen MR) is 186 cm³/mol. The van der Waals surface area contributed by atoms with Crippen LogP contribution in [-0.2, 0) is 21.0 Å². The first kappa shape index (κ1) is 32.8. The highest BCUT2D eigenvalue weighted by Crippen LogP contribution is 2.48. The quantitative estimate of drug-likeness (QED) is 0.175. The molecule has 0 radical (unpaired) electrons. The molecule has 246 valence electrons. The van der Waals surface area contributed by atoms with E-state index in [1.807, 2.05) is 62.4 Å². The van der Waals surface area contributed by atoms with Crippen LogP contribution in [0.25, 0.3) is 0 Å². The number of hydrogen-bond donors (Lipinski definition) is 2. The number of benzene rings is 4. The van der Waals surface area contributed by atoms with Gasteiger partial charge in [-0.1, -0.05) is 71.8 Å². The van der Waals surface area contributed by atoms with Gasteiger partial charge in [-0.25, -0.2) is 0 Å². The highest BCUT2D eigenvalue weighted by Gasteiger charge is 2.42. The van der Waals surface area contributed by atoms with Crippen molar-refractivity contribution >= 4 is 40.6 Å². The van der Waals surface area contributed by atoms with E-state index >= 15 is 0 Å². The number of aliphatic carboxylic acids is 1. The summed E-state index contributed by atoms with van der Waals surface area (Å²) in [5, 5.41) is 13.6. The summed E-state index contributed by atoms with van der Waals surface area (Å²) < 4.78 is 12.2. The monoisotopic (exact) mass is 664 g/mol. The van der Waals surface area contributed by atoms with E-state index in [0.717, 1.165) is 22.4 Å². The summed E-state index contributed by atoms with van der Waals surface area (Å²) in [5.41, 5.74) is 6.25. The number of carbonyl (C=O) groups is 3. The van der Waals surface area contributed by atoms with Crippen LogP contribution in [0, 0.1) is 6.92 Å². The summed E-state index contributed by atoms with van der Waals surface area (Å²) in [6, 6.07) is 27.6. The average Bonchev–Trinajstić information content (AvgIpc) is 3.22. The molecule has 2 N–H and O–H groups in total. The van der Waals surface area contributed by atoms with Gasteiger partial charge in [-0.05, 0) is 79.3 Å². The SMILES string of the molecule is CCOc1cc([C@@H]2C3=C(C[C@@H](c4ccc(C)cc4)CC3=O)Nc3ccccc3N2C(=O)CCC(=O)O)ccc1OCc1ccc(Cl)cc1. The van der Waals surface area contributed by atoms with Gasteiger partial charge in [0.05, 0.1) is 30.4 Å². The molecule has 8 nitrogen and oxygen atoms in total. The van der Waals surface area contributed by atoms with Crippen LogP contribution >= 0.6 is 11.6 Å². The first-order valence-electron chi connectivity index (χ1n) is 16.1. The topological polar surface area (TPSA) is 105 Å². The van der Waals surface area contributed by atoms with E-state index in [1.165, 1.54) is 0 Å². The van der Waals surface area contributed by atoms with E-state index in [0.29, 0.717) is 52.1 Å². The lowest BCUT2D eigenvalue weighted by Gasteiger charge is -2.35. The largest absolute Gasteiger partial charge is 0.490 e. The minimum Gasteiger partial charge on any atom is -0.490 e. The number of Topliss-reactive ketones (excluding diaryl/α,β-unsaturated/α-hetero) is 1. The fraction of sp³-hybridized carbons (Fsp3) is 0.256. The van der Waals surface area contributed by atoms with E-state index in [2.05, 4.69) is 29.6 Å². The van der Waals surface area contributed by atoms with Gasteiger partial charge < -0.3 is 19.9 Å². The van der Waals surface area contributed by atoms with Crippen LogP contribution in [0.2, 0.25) is 5.02 Å². The van der Waals surface area contributed by atoms with Gasteiger partial charge in [0.25, 0.3) is 0 Å². The molecule has 0 fully saturated rings. The number of carboxylic acid groups (broad SMARTS) is 1. The van der Waals surface area contributed by atoms with Gasteiger partial charge in [0, 0.05) is 29.1 Å². The summed E-state index contributed by atoms with van der Waals surface area (Å²) >= 11 is 6.05. The third-order valence-corrected chi connectivity index (χ3v) is 9.00. The van der Waals surface area contributed by atoms with Crippen LogP contribution in [0.3, 0.4) is 0 Å². The maximum absolute atomic E-state index is 14.4. The van der Waals surface area contributed by atoms with Crippen LogP contribution in [0.5, 0.6) is 11.5 Å². The van der Waals surface area contributed by atoms with Crippen LogP contribution in [-0.4, -0.2) is 29.4 Å². The van der Waals surface area contributed by atoms with Gasteiger partial charge in [-0.15, -0.1) is 0 Å². The molecule has 0 aromatic heterocycles. The smallest absolute Gasteiger partial charge is 0.303 e. The summed E-state index contributed by atoms with van der Waals surface area (Å²) in [7, 11) is 0. The summed E-state index contributed by atoms with van der Waals surface area (Å²) in [6.07, 6.45) is 0.263. The van der Waals surface area contributed by atoms with Crippen LogP contribution in [0.4, 0.5) is 11.4 Å². The molecule has 48 heavy (non-hydrogen) atoms. The first-order valence-corrected chi connectivity index (χ1v) is 16.5. The third kappa shape index (κ3) is 7.09. The van der Waals surface area contributed by atoms with Crippen molar-refractivity contribution in [3.63, 3.8) is 0 Å². The van der Waals surface area contributed by atoms with Gasteiger partial charge >= 0.3 is 5.97 Å². The molecule has 1 aliphatic carbocycles. The first-order chi connectivity index (χ1) is 23.2. The Balaban J connectivity index is 1.46. The molecule has 2 aliphatic rings. The molecule has 0 bridgehead atoms. The number of allylic oxidation sites excluding steroid dienone is 1. The Bertz CT molecular complexity index is 1870. The van der Waals surface area contributed by atoms with E-state index in [4.69, 9.17) is 21.1 Å². The van der Waals surface area contributed by atoms with Crippen molar-refractivity contribution < 1.29 is 29.0 Å². The lowest BCUT2D eigenvalue weighted by Crippen LogP contribution is -2.38. The van der Waals surface area contributed by atoms with Gasteiger partial charge in [-0.3, -0.25) is 19.3 Å². The van der Waals surface area contributed by atoms with Gasteiger partial charge in [0.1, 0.15) is 6.61 Å². The second-order valence-electron chi connectivity index (χ2n) is 12.1. The maximum atomic E-state index is 14.4. The van der Waals surface area contributed by atoms with E-state index in [9.17, 15) is 19.5 Å². The molecular formula is C39H37ClN2O6. The van der Waals surface area contributed by atoms with Crippen molar-refractivity contribution in [1.82, 2.24) is 0 Å². The second-order valence-corrected chi connectivity index (χ2v) is 12.5. The number of nitrogens with one attached hydrogen (secondary N) is 1. The molecule has 1 aliphatic heterocycles. The Morgan fingerprint density at radius 3 is 2.35 bits per heavy atom. The Morgan fingerprint density at radius 2 is 1.62 bits per heavy atom. The third-order valence-electron chi connectivity index (χ3n) is 8.75. The molecule has 0 spiro atoms. The lowest BCUT2D eigenvalue weighted by atomic mass is 9.78. The fourth-order valence-electron chi connectivity index (χ4n) is 6.41. The van der Waals surface area contributed by atoms with E-state index in [-0.39, 0.29) is 37.6 Å². The van der Waals surface area contributed by atoms with Crippen LogP contribution in [0.15, 0.2) is 102 Å². The molecule has 0 saturated heterocycles. The number of carbonyl (C=O) groups excluding carboxylic acids is 2. The van der Waals surface area contributed by atoms with E-state index < -0.39 is 17.9 Å². The highest BCUT2D eigenvalue weighted by atomic mass is 35.5. The molecule has 1 amide bonds. The summed E-state index contributed by atoms with van der Waals surface area (Å²) in [6.45, 7) is 4.55. The molecule has 0 unspecified atom stereocenters. The Morgan fingerprint density at radius 1 is 0.896 bits per heavy atom. The Hall–Kier alpha value is -5.08. The average molecular weight is 665 g/mol. The molecule has 4 aromatic rings. The minimum atomic E-state index is -1.07. The van der Waals surface area contributed by atoms with Gasteiger partial charge in [-0.2, -0.15) is 0 Å². The number of aryl methyl sites for hydroxylation is 1. The fourth-order valence-corrected chi connectivity index (χ4v) is 6.54. The molecule has 2 atom stereocenters. The van der Waals surface area contributed by atoms with Crippen molar-refractivity contribution in [2.24, 2.45) is 0 Å². The number of nitrogens with zero attached hydrogens (tertiary/aromatic N) is 1. The van der Waals surface area contributed by atoms with Gasteiger partial charge in [0.15, 0.2) is 17.3 Å². The number of amides is 1. The highest BCUT2D eigenvalue weighted by molar-refractivity contribution is 6.30. The molecular weight excluding hydrogens is 628 g/mol. The van der Waals surface area contributed by atoms with Crippen molar-refractivity contribution in [1.29, 1.82) is 0 Å². The molecule has 0 saturated carbocycles. The standard InChI is InChI=1S/C39H37ClN2O6/c1-3-47-35-22-27(14-17-34(35)48-23-25-10-15-29(40)16-11-25)39-38-31(20-28(21-33(38)43)26-12-8-24(2)9-13-26)41-30-6-4-5-7-32(30)42(39)36(44)18-19-37(45)46/h4-17,22,28,39,41H,3,18-21,23H2,1-2H3,(H,45,46)/t28-,39-/m1/s1. The number of rotatable bonds is 10. The number of halogens is 1. The Labute approximate surface area is 284 Å². The van der Waals surface area contributed by atoms with Crippen molar-refractivity contribution in [2.45, 2.75) is 58.1 Å². The Kier molecular flexibility index (Phi) is 9.82. The zero-order valence-electron chi connectivity index (χ0n) is 26.9. The predicted octanol–water partition coefficient (Wildman–Crippen LogP) is 8.39. The minimum absolute atomic E-state index is 0.0472. The summed E-state index contributed by atoms with van der Waals surface area (Å²) in [4.78, 5) is 41.6. The van der Waals surface area contributed by atoms with Crippen molar-refractivity contribution in [3.05, 3.63) is 130 Å². The molecule has 6 rings (SSSR count). The number of ketones is 1. The van der Waals surface area contributed by atoms with Crippen molar-refractivity contribution in [3.8, 4) is 11.5 Å². The number of hydrogen-bond acceptors (Lipinski definition) is 6.